The first-order chi connectivity index (χ1) is 20.2. The average molecular weight is 630 g/mol. The summed E-state index contributed by atoms with van der Waals surface area (Å²) in [5, 5.41) is 3.22. The molecular formula is C32H40ClN3O6S. The lowest BCUT2D eigenvalue weighted by molar-refractivity contribution is -0.141. The van der Waals surface area contributed by atoms with Gasteiger partial charge in [-0.15, -0.1) is 0 Å². The van der Waals surface area contributed by atoms with E-state index in [1.807, 2.05) is 33.8 Å². The summed E-state index contributed by atoms with van der Waals surface area (Å²) >= 11 is 6.31. The molecular weight excluding hydrogens is 590 g/mol. The number of sulfonamides is 1. The Hall–Kier alpha value is -3.76. The largest absolute Gasteiger partial charge is 0.497 e. The van der Waals surface area contributed by atoms with Crippen LogP contribution in [0.4, 0.5) is 5.69 Å². The van der Waals surface area contributed by atoms with Gasteiger partial charge in [-0.2, -0.15) is 0 Å². The van der Waals surface area contributed by atoms with Crippen molar-refractivity contribution in [2.75, 3.05) is 25.1 Å². The maximum absolute atomic E-state index is 14.3. The number of hydrogen-bond donors (Lipinski definition) is 1. The van der Waals surface area contributed by atoms with Crippen molar-refractivity contribution in [3.63, 3.8) is 0 Å². The minimum atomic E-state index is -4.29. The van der Waals surface area contributed by atoms with Crippen molar-refractivity contribution >= 4 is 39.1 Å². The fourth-order valence-electron chi connectivity index (χ4n) is 4.55. The molecule has 0 heterocycles. The molecule has 0 saturated heterocycles. The van der Waals surface area contributed by atoms with Gasteiger partial charge in [0, 0.05) is 17.1 Å². The van der Waals surface area contributed by atoms with E-state index in [0.29, 0.717) is 17.7 Å². The van der Waals surface area contributed by atoms with E-state index in [0.717, 1.165) is 9.87 Å². The second-order valence-electron chi connectivity index (χ2n) is 11.2. The number of carbonyl (C=O) groups is 2. The van der Waals surface area contributed by atoms with Crippen LogP contribution >= 0.6 is 11.6 Å². The van der Waals surface area contributed by atoms with Crippen molar-refractivity contribution in [1.82, 2.24) is 10.2 Å². The highest BCUT2D eigenvalue weighted by Gasteiger charge is 2.35. The summed E-state index contributed by atoms with van der Waals surface area (Å²) in [7, 11) is -1.34. The Labute approximate surface area is 259 Å². The Kier molecular flexibility index (Phi) is 11.1. The molecule has 232 valence electrons. The van der Waals surface area contributed by atoms with Crippen molar-refractivity contribution < 1.29 is 27.5 Å². The number of rotatable bonds is 12. The second-order valence-corrected chi connectivity index (χ2v) is 13.5. The summed E-state index contributed by atoms with van der Waals surface area (Å²) in [6.45, 7) is 8.64. The molecule has 0 bridgehead atoms. The molecule has 0 unspecified atom stereocenters. The minimum Gasteiger partial charge on any atom is -0.497 e. The number of nitrogens with zero attached hydrogens (tertiary/aromatic N) is 2. The third-order valence-electron chi connectivity index (χ3n) is 6.67. The molecule has 2 amide bonds. The van der Waals surface area contributed by atoms with Gasteiger partial charge in [0.15, 0.2) is 0 Å². The van der Waals surface area contributed by atoms with Crippen molar-refractivity contribution in [1.29, 1.82) is 0 Å². The van der Waals surface area contributed by atoms with Gasteiger partial charge in [0.05, 0.1) is 24.8 Å². The molecule has 3 aromatic rings. The molecule has 0 saturated carbocycles. The highest BCUT2D eigenvalue weighted by atomic mass is 35.5. The zero-order valence-corrected chi connectivity index (χ0v) is 27.3. The summed E-state index contributed by atoms with van der Waals surface area (Å²) in [6.07, 6.45) is 0.294. The standard InChI is InChI=1S/C32H40ClN3O6S/c1-8-27(31(38)34-32(3,4)5)35(20-23-10-9-11-25(18-23)41-6)30(37)21-36(28-19-24(33)14-17-29(28)42-7)43(39,40)26-15-12-22(2)13-16-26/h9-19,27H,8,20-21H2,1-7H3,(H,34,38)/t27-/m1/s1. The summed E-state index contributed by atoms with van der Waals surface area (Å²) < 4.78 is 40.1. The number of carbonyl (C=O) groups excluding carboxylic acids is 2. The summed E-state index contributed by atoms with van der Waals surface area (Å²) in [6, 6.07) is 17.2. The van der Waals surface area contributed by atoms with Crippen LogP contribution < -0.4 is 19.1 Å². The van der Waals surface area contributed by atoms with E-state index >= 15 is 0 Å². The van der Waals surface area contributed by atoms with Crippen molar-refractivity contribution in [2.45, 2.75) is 64.1 Å². The van der Waals surface area contributed by atoms with Crippen molar-refractivity contribution in [3.05, 3.63) is 82.9 Å². The van der Waals surface area contributed by atoms with Crippen LogP contribution in [-0.2, 0) is 26.2 Å². The molecule has 0 radical (unpaired) electrons. The molecule has 43 heavy (non-hydrogen) atoms. The van der Waals surface area contributed by atoms with E-state index < -0.39 is 34.1 Å². The molecule has 3 aromatic carbocycles. The van der Waals surface area contributed by atoms with E-state index in [9.17, 15) is 18.0 Å². The quantitative estimate of drug-likeness (QED) is 0.280. The Morgan fingerprint density at radius 2 is 1.65 bits per heavy atom. The van der Waals surface area contributed by atoms with Crippen LogP contribution in [0.5, 0.6) is 11.5 Å². The van der Waals surface area contributed by atoms with E-state index in [2.05, 4.69) is 5.32 Å². The number of amides is 2. The molecule has 0 aliphatic rings. The highest BCUT2D eigenvalue weighted by Crippen LogP contribution is 2.35. The van der Waals surface area contributed by atoms with Crippen LogP contribution in [0, 0.1) is 6.92 Å². The Bertz CT molecular complexity index is 1540. The molecule has 1 atom stereocenters. The van der Waals surface area contributed by atoms with E-state index in [4.69, 9.17) is 21.1 Å². The van der Waals surface area contributed by atoms with Gasteiger partial charge in [-0.1, -0.05) is 48.4 Å². The Morgan fingerprint density at radius 3 is 2.23 bits per heavy atom. The average Bonchev–Trinajstić information content (AvgIpc) is 2.95. The molecule has 3 rings (SSSR count). The van der Waals surface area contributed by atoms with Crippen LogP contribution in [0.25, 0.3) is 0 Å². The number of anilines is 1. The number of aryl methyl sites for hydroxylation is 1. The third-order valence-corrected chi connectivity index (χ3v) is 8.68. The predicted molar refractivity (Wildman–Crippen MR) is 169 cm³/mol. The first-order valence-corrected chi connectivity index (χ1v) is 15.7. The van der Waals surface area contributed by atoms with Gasteiger partial charge in [0.25, 0.3) is 10.0 Å². The summed E-state index contributed by atoms with van der Waals surface area (Å²) in [4.78, 5) is 29.2. The predicted octanol–water partition coefficient (Wildman–Crippen LogP) is 5.58. The highest BCUT2D eigenvalue weighted by molar-refractivity contribution is 7.92. The van der Waals surface area contributed by atoms with Gasteiger partial charge in [-0.25, -0.2) is 8.42 Å². The maximum Gasteiger partial charge on any atom is 0.264 e. The zero-order valence-electron chi connectivity index (χ0n) is 25.7. The van der Waals surface area contributed by atoms with E-state index in [1.54, 1.807) is 56.5 Å². The number of ether oxygens (including phenoxy) is 2. The first-order valence-electron chi connectivity index (χ1n) is 13.9. The second kappa shape index (κ2) is 14.1. The lowest BCUT2D eigenvalue weighted by Gasteiger charge is -2.35. The first kappa shape index (κ1) is 33.7. The van der Waals surface area contributed by atoms with Crippen LogP contribution in [0.3, 0.4) is 0 Å². The SMILES string of the molecule is CC[C@H](C(=O)NC(C)(C)C)N(Cc1cccc(OC)c1)C(=O)CN(c1cc(Cl)ccc1OC)S(=O)(=O)c1ccc(C)cc1. The van der Waals surface area contributed by atoms with E-state index in [1.165, 1.54) is 30.2 Å². The zero-order chi connectivity index (χ0) is 31.9. The molecule has 0 fully saturated rings. The topological polar surface area (TPSA) is 105 Å². The maximum atomic E-state index is 14.3. The van der Waals surface area contributed by atoms with Gasteiger partial charge in [-0.3, -0.25) is 13.9 Å². The molecule has 9 nitrogen and oxygen atoms in total. The monoisotopic (exact) mass is 629 g/mol. The smallest absolute Gasteiger partial charge is 0.264 e. The van der Waals surface area contributed by atoms with Gasteiger partial charge >= 0.3 is 0 Å². The van der Waals surface area contributed by atoms with Crippen molar-refractivity contribution in [3.8, 4) is 11.5 Å². The fourth-order valence-corrected chi connectivity index (χ4v) is 6.13. The number of benzene rings is 3. The van der Waals surface area contributed by atoms with Gasteiger partial charge < -0.3 is 19.7 Å². The van der Waals surface area contributed by atoms with Crippen LogP contribution in [-0.4, -0.2) is 57.5 Å². The number of nitrogens with one attached hydrogen (secondary N) is 1. The fraction of sp³-hybridized carbons (Fsp3) is 0.375. The molecule has 11 heteroatoms. The Morgan fingerprint density at radius 1 is 0.977 bits per heavy atom. The summed E-state index contributed by atoms with van der Waals surface area (Å²) in [5.74, 6) is -0.134. The normalized spacial score (nSPS) is 12.3. The van der Waals surface area contributed by atoms with Gasteiger partial charge in [0.1, 0.15) is 24.1 Å². The van der Waals surface area contributed by atoms with Crippen molar-refractivity contribution in [2.24, 2.45) is 0 Å². The number of halogens is 1. The molecule has 0 spiro atoms. The van der Waals surface area contributed by atoms with Gasteiger partial charge in [0.2, 0.25) is 11.8 Å². The van der Waals surface area contributed by atoms with Crippen LogP contribution in [0.15, 0.2) is 71.6 Å². The number of hydrogen-bond acceptors (Lipinski definition) is 6. The molecule has 0 aromatic heterocycles. The van der Waals surface area contributed by atoms with Gasteiger partial charge in [-0.05, 0) is 82.1 Å². The van der Waals surface area contributed by atoms with Crippen LogP contribution in [0.1, 0.15) is 45.2 Å². The third kappa shape index (κ3) is 8.64. The van der Waals surface area contributed by atoms with Crippen LogP contribution in [0.2, 0.25) is 5.02 Å². The minimum absolute atomic E-state index is 0.00945. The molecule has 0 aliphatic carbocycles. The summed E-state index contributed by atoms with van der Waals surface area (Å²) in [5.41, 5.74) is 1.13. The lowest BCUT2D eigenvalue weighted by atomic mass is 10.1. The number of methoxy groups -OCH3 is 2. The Balaban J connectivity index is 2.15. The lowest BCUT2D eigenvalue weighted by Crippen LogP contribution is -2.55. The molecule has 0 aliphatic heterocycles. The molecule has 1 N–H and O–H groups in total. The van der Waals surface area contributed by atoms with E-state index in [-0.39, 0.29) is 33.8 Å².